The van der Waals surface area contributed by atoms with Gasteiger partial charge in [-0.15, -0.1) is 5.10 Å². The molecule has 0 radical (unpaired) electrons. The van der Waals surface area contributed by atoms with Crippen molar-refractivity contribution in [2.24, 2.45) is 5.41 Å². The first kappa shape index (κ1) is 28.5. The molecule has 0 bridgehead atoms. The summed E-state index contributed by atoms with van der Waals surface area (Å²) in [6.07, 6.45) is 1.36. The molecule has 224 valence electrons. The van der Waals surface area contributed by atoms with E-state index in [9.17, 15) is 24.3 Å². The molecular weight excluding hydrogens is 572 g/mol. The van der Waals surface area contributed by atoms with Gasteiger partial charge < -0.3 is 25.1 Å². The highest BCUT2D eigenvalue weighted by Crippen LogP contribution is 2.43. The molecule has 1 fully saturated rings. The highest BCUT2D eigenvalue weighted by Gasteiger charge is 2.55. The van der Waals surface area contributed by atoms with Crippen LogP contribution in [0.4, 0.5) is 5.95 Å². The molecule has 14 heteroatoms. The number of carbonyl (C=O) groups is 3. The number of ether oxygens (including phenoxy) is 3. The maximum atomic E-state index is 13.4. The molecule has 2 aromatic heterocycles. The summed E-state index contributed by atoms with van der Waals surface area (Å²) < 4.78 is 19.4. The second-order valence-corrected chi connectivity index (χ2v) is 10.4. The van der Waals surface area contributed by atoms with E-state index >= 15 is 0 Å². The van der Waals surface area contributed by atoms with E-state index in [-0.39, 0.29) is 41.1 Å². The van der Waals surface area contributed by atoms with Gasteiger partial charge in [-0.2, -0.15) is 9.67 Å². The molecule has 0 saturated carbocycles. The Hall–Kier alpha value is -5.63. The van der Waals surface area contributed by atoms with Gasteiger partial charge in [-0.05, 0) is 37.1 Å². The summed E-state index contributed by atoms with van der Waals surface area (Å²) in [6.45, 7) is 0. The number of carboxylic acid groups (broad SMARTS) is 1. The van der Waals surface area contributed by atoms with Crippen molar-refractivity contribution < 1.29 is 33.7 Å². The van der Waals surface area contributed by atoms with E-state index in [1.165, 1.54) is 0 Å². The van der Waals surface area contributed by atoms with Crippen LogP contribution in [0.3, 0.4) is 0 Å². The van der Waals surface area contributed by atoms with Crippen LogP contribution in [0.15, 0.2) is 89.8 Å². The molecule has 1 aliphatic carbocycles. The average Bonchev–Trinajstić information content (AvgIpc) is 3.59. The van der Waals surface area contributed by atoms with Crippen LogP contribution in [0.1, 0.15) is 39.8 Å². The van der Waals surface area contributed by atoms with Crippen molar-refractivity contribution in [2.45, 2.75) is 37.4 Å². The van der Waals surface area contributed by atoms with E-state index in [2.05, 4.69) is 20.3 Å². The van der Waals surface area contributed by atoms with Crippen LogP contribution < -0.4 is 11.3 Å². The van der Waals surface area contributed by atoms with Gasteiger partial charge in [0.1, 0.15) is 6.10 Å². The fraction of sp³-hybridized carbons (Fsp3) is 0.233. The zero-order chi connectivity index (χ0) is 30.8. The van der Waals surface area contributed by atoms with Gasteiger partial charge in [0, 0.05) is 0 Å². The Morgan fingerprint density at radius 3 is 2.23 bits per heavy atom. The van der Waals surface area contributed by atoms with Gasteiger partial charge in [-0.3, -0.25) is 14.6 Å². The molecule has 2 aromatic carbocycles. The van der Waals surface area contributed by atoms with Crippen molar-refractivity contribution in [3.05, 3.63) is 106 Å². The first-order valence-corrected chi connectivity index (χ1v) is 13.6. The maximum absolute atomic E-state index is 13.4. The largest absolute Gasteiger partial charge is 0.481 e. The topological polar surface area (TPSA) is 202 Å². The summed E-state index contributed by atoms with van der Waals surface area (Å²) in [7, 11) is 0. The van der Waals surface area contributed by atoms with Gasteiger partial charge in [0.25, 0.3) is 5.56 Å². The van der Waals surface area contributed by atoms with Crippen molar-refractivity contribution in [3.63, 3.8) is 0 Å². The summed E-state index contributed by atoms with van der Waals surface area (Å²) in [5, 5.41) is 18.2. The molecule has 5 atom stereocenters. The highest BCUT2D eigenvalue weighted by atomic mass is 16.6. The number of carbonyl (C=O) groups excluding carboxylic acids is 2. The zero-order valence-corrected chi connectivity index (χ0v) is 23.0. The molecule has 4 N–H and O–H groups in total. The van der Waals surface area contributed by atoms with Crippen molar-refractivity contribution >= 4 is 35.0 Å². The number of nitrogen functional groups attached to an aromatic ring is 1. The first-order valence-electron chi connectivity index (χ1n) is 13.6. The van der Waals surface area contributed by atoms with Crippen molar-refractivity contribution in [3.8, 4) is 0 Å². The minimum atomic E-state index is -1.43. The molecule has 0 amide bonds. The quantitative estimate of drug-likeness (QED) is 0.250. The SMILES string of the molecule is Nc1nc2c(nnn2[C@@H]2O[C@H](CC3(C(=O)O)C=CC=CC3)[C@@H](OC(=O)c3ccccc3)[C@H]2OC(=O)c2ccccc2)c(=O)[nH]1. The number of hydrogen-bond donors (Lipinski definition) is 3. The predicted octanol–water partition coefficient (Wildman–Crippen LogP) is 2.42. The Morgan fingerprint density at radius 1 is 1.00 bits per heavy atom. The average molecular weight is 599 g/mol. The lowest BCUT2D eigenvalue weighted by atomic mass is 9.76. The fourth-order valence-corrected chi connectivity index (χ4v) is 5.32. The summed E-state index contributed by atoms with van der Waals surface area (Å²) in [5.74, 6) is -2.87. The lowest BCUT2D eigenvalue weighted by Crippen LogP contribution is -2.43. The second-order valence-electron chi connectivity index (χ2n) is 10.4. The predicted molar refractivity (Wildman–Crippen MR) is 153 cm³/mol. The number of H-pyrrole nitrogens is 1. The fourth-order valence-electron chi connectivity index (χ4n) is 5.32. The van der Waals surface area contributed by atoms with Gasteiger partial charge >= 0.3 is 17.9 Å². The zero-order valence-electron chi connectivity index (χ0n) is 23.0. The van der Waals surface area contributed by atoms with Gasteiger partial charge in [0.05, 0.1) is 16.5 Å². The van der Waals surface area contributed by atoms with Gasteiger partial charge in [-0.25, -0.2) is 9.59 Å². The Morgan fingerprint density at radius 2 is 1.64 bits per heavy atom. The minimum absolute atomic E-state index is 0.0840. The summed E-state index contributed by atoms with van der Waals surface area (Å²) in [6, 6.07) is 16.3. The molecule has 14 nitrogen and oxygen atoms in total. The minimum Gasteiger partial charge on any atom is -0.481 e. The van der Waals surface area contributed by atoms with E-state index in [0.29, 0.717) is 0 Å². The number of aromatic amines is 1. The van der Waals surface area contributed by atoms with Crippen LogP contribution in [0, 0.1) is 5.41 Å². The van der Waals surface area contributed by atoms with E-state index in [1.807, 2.05) is 0 Å². The number of esters is 2. The molecule has 6 rings (SSSR count). The molecule has 3 heterocycles. The van der Waals surface area contributed by atoms with Crippen molar-refractivity contribution in [2.75, 3.05) is 5.73 Å². The number of carboxylic acids is 1. The maximum Gasteiger partial charge on any atom is 0.338 e. The van der Waals surface area contributed by atoms with E-state index < -0.39 is 53.4 Å². The van der Waals surface area contributed by atoms with Crippen molar-refractivity contribution in [1.29, 1.82) is 0 Å². The van der Waals surface area contributed by atoms with Crippen LogP contribution in [0.2, 0.25) is 0 Å². The highest BCUT2D eigenvalue weighted by molar-refractivity contribution is 5.90. The number of allylic oxidation sites excluding steroid dienone is 3. The van der Waals surface area contributed by atoms with E-state index in [4.69, 9.17) is 19.9 Å². The van der Waals surface area contributed by atoms with Gasteiger partial charge in [0.2, 0.25) is 5.95 Å². The number of benzene rings is 2. The lowest BCUT2D eigenvalue weighted by Gasteiger charge is -2.31. The second kappa shape index (κ2) is 11.6. The van der Waals surface area contributed by atoms with Crippen LogP contribution in [-0.4, -0.2) is 66.3 Å². The number of nitrogens with two attached hydrogens (primary N) is 1. The Bertz CT molecular complexity index is 1840. The lowest BCUT2D eigenvalue weighted by molar-refractivity contribution is -0.149. The number of aliphatic carboxylic acids is 1. The molecule has 44 heavy (non-hydrogen) atoms. The third kappa shape index (κ3) is 5.33. The number of hydrogen-bond acceptors (Lipinski definition) is 11. The van der Waals surface area contributed by atoms with E-state index in [0.717, 1.165) is 4.68 Å². The van der Waals surface area contributed by atoms with Crippen molar-refractivity contribution in [1.82, 2.24) is 25.0 Å². The summed E-state index contributed by atoms with van der Waals surface area (Å²) >= 11 is 0. The molecule has 4 aromatic rings. The smallest absolute Gasteiger partial charge is 0.338 e. The number of aromatic nitrogens is 5. The summed E-state index contributed by atoms with van der Waals surface area (Å²) in [5.41, 5.74) is 3.86. The van der Waals surface area contributed by atoms with Crippen LogP contribution >= 0.6 is 0 Å². The van der Waals surface area contributed by atoms with Gasteiger partial charge in [-0.1, -0.05) is 65.9 Å². The number of nitrogens with zero attached hydrogens (tertiary/aromatic N) is 4. The number of fused-ring (bicyclic) bond motifs is 1. The van der Waals surface area contributed by atoms with Crippen LogP contribution in [0.25, 0.3) is 11.2 Å². The number of anilines is 1. The molecule has 2 aliphatic rings. The number of rotatable bonds is 8. The molecule has 0 spiro atoms. The molecule has 1 unspecified atom stereocenters. The Labute approximate surface area is 248 Å². The number of nitrogens with one attached hydrogen (secondary N) is 1. The Kier molecular flexibility index (Phi) is 7.49. The van der Waals surface area contributed by atoms with Crippen LogP contribution in [0.5, 0.6) is 0 Å². The molecular formula is C30H26N6O8. The monoisotopic (exact) mass is 598 g/mol. The third-order valence-electron chi connectivity index (χ3n) is 7.52. The standard InChI is InChI=1S/C30H26N6O8/c31-29-32-23-20(24(37)33-29)34-35-36(23)25-22(44-27(39)18-12-6-2-7-13-18)21(43-26(38)17-10-4-1-5-11-17)19(42-25)16-30(28(40)41)14-8-3-9-15-30/h1-14,19,21-22,25H,15-16H2,(H,40,41)(H3,31,32,33,37)/t19-,21-,22-,25-,30?/m1/s1. The summed E-state index contributed by atoms with van der Waals surface area (Å²) in [4.78, 5) is 58.4. The van der Waals surface area contributed by atoms with E-state index in [1.54, 1.807) is 85.0 Å². The third-order valence-corrected chi connectivity index (χ3v) is 7.52. The molecule has 1 aliphatic heterocycles. The molecule has 1 saturated heterocycles. The Balaban J connectivity index is 1.46. The first-order chi connectivity index (χ1) is 21.3. The normalized spacial score (nSPS) is 24.3. The van der Waals surface area contributed by atoms with Crippen LogP contribution in [-0.2, 0) is 19.0 Å². The van der Waals surface area contributed by atoms with Gasteiger partial charge in [0.15, 0.2) is 29.6 Å².